The Morgan fingerprint density at radius 1 is 0.906 bits per heavy atom. The number of aliphatic imine (C=N–C) groups is 1. The number of piperidine rings is 1. The van der Waals surface area contributed by atoms with Crippen molar-refractivity contribution in [1.82, 2.24) is 15.5 Å². The summed E-state index contributed by atoms with van der Waals surface area (Å²) in [5.41, 5.74) is 3.78. The molecule has 7 heteroatoms. The molecule has 1 aliphatic heterocycles. The summed E-state index contributed by atoms with van der Waals surface area (Å²) in [4.78, 5) is 6.89. The average molecular weight is 553 g/mol. The Hall–Kier alpha value is -1.84. The molecule has 1 saturated heterocycles. The molecule has 0 amide bonds. The van der Waals surface area contributed by atoms with Gasteiger partial charge in [0, 0.05) is 33.8 Å². The number of methoxy groups -OCH3 is 1. The van der Waals surface area contributed by atoms with E-state index < -0.39 is 0 Å². The fraction of sp³-hybridized carbons (Fsp3) is 0.480. The van der Waals surface area contributed by atoms with Gasteiger partial charge in [0.25, 0.3) is 0 Å². The predicted octanol–water partition coefficient (Wildman–Crippen LogP) is 4.18. The third-order valence-electron chi connectivity index (χ3n) is 5.48. The Balaban J connectivity index is 0.00000363. The minimum atomic E-state index is 0. The molecule has 2 aromatic carbocycles. The summed E-state index contributed by atoms with van der Waals surface area (Å²) in [6.45, 7) is 6.07. The average Bonchev–Trinajstić information content (AvgIpc) is 2.81. The van der Waals surface area contributed by atoms with Crippen LogP contribution in [0.2, 0.25) is 0 Å². The van der Waals surface area contributed by atoms with E-state index in [9.17, 15) is 0 Å². The van der Waals surface area contributed by atoms with Crippen molar-refractivity contribution in [1.29, 1.82) is 0 Å². The minimum absolute atomic E-state index is 0. The van der Waals surface area contributed by atoms with E-state index in [-0.39, 0.29) is 24.0 Å². The fourth-order valence-electron chi connectivity index (χ4n) is 3.72. The molecular weight excluding hydrogens is 515 g/mol. The molecule has 0 bridgehead atoms. The second-order valence-electron chi connectivity index (χ2n) is 7.92. The van der Waals surface area contributed by atoms with E-state index >= 15 is 0 Å². The van der Waals surface area contributed by atoms with Crippen LogP contribution in [-0.4, -0.2) is 51.3 Å². The van der Waals surface area contributed by atoms with E-state index in [0.717, 1.165) is 30.4 Å². The molecule has 0 radical (unpaired) electrons. The van der Waals surface area contributed by atoms with Crippen LogP contribution in [0.1, 0.15) is 36.0 Å². The van der Waals surface area contributed by atoms with Crippen LogP contribution in [0.4, 0.5) is 0 Å². The van der Waals surface area contributed by atoms with Crippen molar-refractivity contribution in [2.24, 2.45) is 4.99 Å². The van der Waals surface area contributed by atoms with Gasteiger partial charge < -0.3 is 20.1 Å². The van der Waals surface area contributed by atoms with Gasteiger partial charge in [0.15, 0.2) is 5.96 Å². The predicted molar refractivity (Wildman–Crippen MR) is 142 cm³/mol. The summed E-state index contributed by atoms with van der Waals surface area (Å²) >= 11 is 0. The maximum Gasteiger partial charge on any atom is 0.191 e. The second kappa shape index (κ2) is 15.1. The summed E-state index contributed by atoms with van der Waals surface area (Å²) in [6, 6.07) is 17.0. The number of nitrogens with zero attached hydrogens (tertiary/aromatic N) is 2. The van der Waals surface area contributed by atoms with Crippen molar-refractivity contribution in [2.75, 3.05) is 40.5 Å². The number of likely N-dealkylation sites (tertiary alicyclic amines) is 1. The first-order valence-corrected chi connectivity index (χ1v) is 11.2. The highest BCUT2D eigenvalue weighted by atomic mass is 127. The van der Waals surface area contributed by atoms with Crippen LogP contribution < -0.4 is 15.4 Å². The van der Waals surface area contributed by atoms with Crippen molar-refractivity contribution in [3.05, 3.63) is 65.2 Å². The molecule has 1 aliphatic rings. The molecule has 1 fully saturated rings. The van der Waals surface area contributed by atoms with E-state index in [4.69, 9.17) is 9.47 Å². The normalized spacial score (nSPS) is 14.5. The molecule has 0 spiro atoms. The fourth-order valence-corrected chi connectivity index (χ4v) is 3.72. The highest BCUT2D eigenvalue weighted by Crippen LogP contribution is 2.14. The van der Waals surface area contributed by atoms with Gasteiger partial charge in [-0.2, -0.15) is 0 Å². The molecular formula is C25H37IN4O2. The molecule has 0 aromatic heterocycles. The zero-order valence-electron chi connectivity index (χ0n) is 19.3. The van der Waals surface area contributed by atoms with E-state index in [1.807, 2.05) is 18.2 Å². The summed E-state index contributed by atoms with van der Waals surface area (Å²) in [5, 5.41) is 6.76. The van der Waals surface area contributed by atoms with Crippen molar-refractivity contribution in [3.63, 3.8) is 0 Å². The number of guanidine groups is 1. The van der Waals surface area contributed by atoms with Gasteiger partial charge in [0.05, 0.1) is 6.61 Å². The van der Waals surface area contributed by atoms with Gasteiger partial charge >= 0.3 is 0 Å². The quantitative estimate of drug-likeness (QED) is 0.201. The van der Waals surface area contributed by atoms with Gasteiger partial charge in [0.2, 0.25) is 0 Å². The summed E-state index contributed by atoms with van der Waals surface area (Å²) < 4.78 is 10.7. The van der Waals surface area contributed by atoms with Gasteiger partial charge in [0.1, 0.15) is 12.4 Å². The number of ether oxygens (including phenoxy) is 2. The van der Waals surface area contributed by atoms with E-state index in [1.165, 1.54) is 43.5 Å². The van der Waals surface area contributed by atoms with Crippen LogP contribution in [0, 0.1) is 0 Å². The van der Waals surface area contributed by atoms with Crippen LogP contribution in [-0.2, 0) is 24.4 Å². The number of hydrogen-bond donors (Lipinski definition) is 2. The Morgan fingerprint density at radius 2 is 1.59 bits per heavy atom. The number of hydrogen-bond acceptors (Lipinski definition) is 4. The number of halogens is 1. The maximum absolute atomic E-state index is 5.68. The molecule has 6 nitrogen and oxygen atoms in total. The largest absolute Gasteiger partial charge is 0.491 e. The maximum atomic E-state index is 5.68. The molecule has 176 valence electrons. The van der Waals surface area contributed by atoms with Crippen LogP contribution in [0.15, 0.2) is 53.5 Å². The van der Waals surface area contributed by atoms with Crippen LogP contribution >= 0.6 is 24.0 Å². The zero-order valence-corrected chi connectivity index (χ0v) is 21.6. The third-order valence-corrected chi connectivity index (χ3v) is 5.48. The lowest BCUT2D eigenvalue weighted by molar-refractivity contribution is 0.146. The Bertz CT molecular complexity index is 808. The SMILES string of the molecule is CN=C(NCc1ccc(CN2CCCCC2)cc1)NCc1cccc(OCCOC)c1.I. The van der Waals surface area contributed by atoms with Crippen molar-refractivity contribution in [3.8, 4) is 5.75 Å². The molecule has 3 rings (SSSR count). The number of benzene rings is 2. The van der Waals surface area contributed by atoms with E-state index in [1.54, 1.807) is 14.2 Å². The van der Waals surface area contributed by atoms with Crippen LogP contribution in [0.5, 0.6) is 5.75 Å². The molecule has 2 N–H and O–H groups in total. The van der Waals surface area contributed by atoms with Crippen LogP contribution in [0.25, 0.3) is 0 Å². The van der Waals surface area contributed by atoms with Gasteiger partial charge in [-0.25, -0.2) is 0 Å². The molecule has 0 atom stereocenters. The van der Waals surface area contributed by atoms with Crippen molar-refractivity contribution < 1.29 is 9.47 Å². The minimum Gasteiger partial charge on any atom is -0.491 e. The van der Waals surface area contributed by atoms with Crippen molar-refractivity contribution >= 4 is 29.9 Å². The van der Waals surface area contributed by atoms with Gasteiger partial charge in [-0.3, -0.25) is 9.89 Å². The van der Waals surface area contributed by atoms with E-state index in [2.05, 4.69) is 50.9 Å². The molecule has 0 saturated carbocycles. The molecule has 2 aromatic rings. The molecule has 0 unspecified atom stereocenters. The Morgan fingerprint density at radius 3 is 2.28 bits per heavy atom. The number of rotatable bonds is 10. The van der Waals surface area contributed by atoms with Crippen LogP contribution in [0.3, 0.4) is 0 Å². The highest BCUT2D eigenvalue weighted by molar-refractivity contribution is 14.0. The first-order valence-electron chi connectivity index (χ1n) is 11.2. The summed E-state index contributed by atoms with van der Waals surface area (Å²) in [7, 11) is 3.47. The van der Waals surface area contributed by atoms with Crippen molar-refractivity contribution in [2.45, 2.75) is 38.9 Å². The zero-order chi connectivity index (χ0) is 21.7. The lowest BCUT2D eigenvalue weighted by Crippen LogP contribution is -2.36. The standard InChI is InChI=1S/C25H36N4O2.HI/c1-26-25(28-19-23-7-6-8-24(17-23)31-16-15-30-2)27-18-21-9-11-22(12-10-21)20-29-13-4-3-5-14-29;/h6-12,17H,3-5,13-16,18-20H2,1-2H3,(H2,26,27,28);1H. The van der Waals surface area contributed by atoms with E-state index in [0.29, 0.717) is 19.8 Å². The van der Waals surface area contributed by atoms with Gasteiger partial charge in [-0.1, -0.05) is 42.8 Å². The van der Waals surface area contributed by atoms with Gasteiger partial charge in [-0.05, 0) is 54.8 Å². The topological polar surface area (TPSA) is 58.1 Å². The first-order chi connectivity index (χ1) is 15.3. The molecule has 0 aliphatic carbocycles. The molecule has 32 heavy (non-hydrogen) atoms. The smallest absolute Gasteiger partial charge is 0.191 e. The Labute approximate surface area is 209 Å². The Kier molecular flexibility index (Phi) is 12.4. The lowest BCUT2D eigenvalue weighted by Gasteiger charge is -2.26. The summed E-state index contributed by atoms with van der Waals surface area (Å²) in [5.74, 6) is 1.63. The highest BCUT2D eigenvalue weighted by Gasteiger charge is 2.10. The monoisotopic (exact) mass is 552 g/mol. The first kappa shape index (κ1) is 26.4. The summed E-state index contributed by atoms with van der Waals surface area (Å²) in [6.07, 6.45) is 4.04. The second-order valence-corrected chi connectivity index (χ2v) is 7.92. The third kappa shape index (κ3) is 9.34. The van der Waals surface area contributed by atoms with Gasteiger partial charge in [-0.15, -0.1) is 24.0 Å². The molecule has 1 heterocycles. The number of nitrogens with one attached hydrogen (secondary N) is 2. The lowest BCUT2D eigenvalue weighted by atomic mass is 10.1.